The van der Waals surface area contributed by atoms with Gasteiger partial charge in [-0.25, -0.2) is 0 Å². The maximum Gasteiger partial charge on any atom is 0.0587 e. The molecule has 78 valence electrons. The van der Waals surface area contributed by atoms with Crippen LogP contribution in [0.15, 0.2) is 0 Å². The summed E-state index contributed by atoms with van der Waals surface area (Å²) < 4.78 is 10.4. The summed E-state index contributed by atoms with van der Waals surface area (Å²) in [6.45, 7) is 4.79. The molecule has 0 aromatic heterocycles. The van der Waals surface area contributed by atoms with Crippen molar-refractivity contribution >= 4 is 0 Å². The van der Waals surface area contributed by atoms with E-state index in [-0.39, 0.29) is 0 Å². The van der Waals surface area contributed by atoms with Gasteiger partial charge in [-0.2, -0.15) is 0 Å². The molecule has 1 aliphatic rings. The summed E-state index contributed by atoms with van der Waals surface area (Å²) in [6.07, 6.45) is 3.73. The Morgan fingerprint density at radius 2 is 2.31 bits per heavy atom. The minimum atomic E-state index is 0.805. The molecule has 0 amide bonds. The van der Waals surface area contributed by atoms with Gasteiger partial charge in [-0.05, 0) is 31.7 Å². The van der Waals surface area contributed by atoms with Crippen molar-refractivity contribution in [1.29, 1.82) is 0 Å². The molecule has 3 nitrogen and oxygen atoms in total. The van der Waals surface area contributed by atoms with E-state index in [4.69, 9.17) is 9.47 Å². The molecule has 0 bridgehead atoms. The van der Waals surface area contributed by atoms with Gasteiger partial charge in [0.25, 0.3) is 0 Å². The number of methoxy groups -OCH3 is 1. The highest BCUT2D eigenvalue weighted by Crippen LogP contribution is 2.14. The second-order valence-corrected chi connectivity index (χ2v) is 3.61. The highest BCUT2D eigenvalue weighted by atomic mass is 16.5. The van der Waals surface area contributed by atoms with Crippen LogP contribution in [0.2, 0.25) is 0 Å². The molecular weight excluding hydrogens is 166 g/mol. The van der Waals surface area contributed by atoms with Crippen LogP contribution in [-0.2, 0) is 9.47 Å². The summed E-state index contributed by atoms with van der Waals surface area (Å²) >= 11 is 0. The Kier molecular flexibility index (Phi) is 6.15. The van der Waals surface area contributed by atoms with Gasteiger partial charge in [0.05, 0.1) is 6.61 Å². The molecule has 0 saturated carbocycles. The standard InChI is InChI=1S/C10H21NO2/c1-12-8-5-11-9-10-3-2-6-13-7-4-10/h10-11H,2-9H2,1H3. The molecule has 1 heterocycles. The monoisotopic (exact) mass is 187 g/mol. The Morgan fingerprint density at radius 3 is 3.15 bits per heavy atom. The van der Waals surface area contributed by atoms with Crippen molar-refractivity contribution in [3.05, 3.63) is 0 Å². The molecule has 0 aliphatic carbocycles. The van der Waals surface area contributed by atoms with Crippen LogP contribution in [0.5, 0.6) is 0 Å². The maximum atomic E-state index is 5.40. The van der Waals surface area contributed by atoms with E-state index in [1.54, 1.807) is 7.11 Å². The molecule has 1 atom stereocenters. The van der Waals surface area contributed by atoms with E-state index in [0.29, 0.717) is 0 Å². The van der Waals surface area contributed by atoms with Crippen molar-refractivity contribution in [1.82, 2.24) is 5.32 Å². The average Bonchev–Trinajstić information content (AvgIpc) is 2.41. The molecule has 0 aromatic rings. The predicted octanol–water partition coefficient (Wildman–Crippen LogP) is 1.04. The third-order valence-corrected chi connectivity index (χ3v) is 2.49. The van der Waals surface area contributed by atoms with E-state index < -0.39 is 0 Å². The first-order valence-electron chi connectivity index (χ1n) is 5.21. The minimum Gasteiger partial charge on any atom is -0.383 e. The summed E-state index contributed by atoms with van der Waals surface area (Å²) in [5, 5.41) is 3.40. The maximum absolute atomic E-state index is 5.40. The zero-order chi connectivity index (χ0) is 9.36. The topological polar surface area (TPSA) is 30.5 Å². The molecule has 1 rings (SSSR count). The van der Waals surface area contributed by atoms with Gasteiger partial charge in [0.1, 0.15) is 0 Å². The third-order valence-electron chi connectivity index (χ3n) is 2.49. The van der Waals surface area contributed by atoms with E-state index >= 15 is 0 Å². The van der Waals surface area contributed by atoms with Crippen molar-refractivity contribution in [2.24, 2.45) is 5.92 Å². The van der Waals surface area contributed by atoms with Gasteiger partial charge >= 0.3 is 0 Å². The molecule has 3 heteroatoms. The lowest BCUT2D eigenvalue weighted by Crippen LogP contribution is -2.26. The van der Waals surface area contributed by atoms with E-state index in [1.165, 1.54) is 19.3 Å². The molecule has 13 heavy (non-hydrogen) atoms. The lowest BCUT2D eigenvalue weighted by atomic mass is 10.0. The lowest BCUT2D eigenvalue weighted by molar-refractivity contribution is 0.141. The molecule has 1 N–H and O–H groups in total. The lowest BCUT2D eigenvalue weighted by Gasteiger charge is -2.13. The fraction of sp³-hybridized carbons (Fsp3) is 1.00. The highest BCUT2D eigenvalue weighted by Gasteiger charge is 2.11. The van der Waals surface area contributed by atoms with Crippen LogP contribution in [0, 0.1) is 5.92 Å². The zero-order valence-corrected chi connectivity index (χ0v) is 8.55. The van der Waals surface area contributed by atoms with Gasteiger partial charge in [0.15, 0.2) is 0 Å². The predicted molar refractivity (Wildman–Crippen MR) is 52.9 cm³/mol. The number of nitrogens with one attached hydrogen (secondary N) is 1. The number of rotatable bonds is 5. The Bertz CT molecular complexity index is 111. The highest BCUT2D eigenvalue weighted by molar-refractivity contribution is 4.65. The smallest absolute Gasteiger partial charge is 0.0587 e. The summed E-state index contributed by atoms with van der Waals surface area (Å²) in [7, 11) is 1.74. The number of hydrogen-bond donors (Lipinski definition) is 1. The van der Waals surface area contributed by atoms with Gasteiger partial charge < -0.3 is 14.8 Å². The van der Waals surface area contributed by atoms with Crippen molar-refractivity contribution in [2.75, 3.05) is 40.0 Å². The van der Waals surface area contributed by atoms with E-state index in [2.05, 4.69) is 5.32 Å². The van der Waals surface area contributed by atoms with E-state index in [0.717, 1.165) is 38.8 Å². The quantitative estimate of drug-likeness (QED) is 0.652. The summed E-state index contributed by atoms with van der Waals surface area (Å²) in [5.41, 5.74) is 0. The van der Waals surface area contributed by atoms with Crippen molar-refractivity contribution in [2.45, 2.75) is 19.3 Å². The van der Waals surface area contributed by atoms with E-state index in [1.807, 2.05) is 0 Å². The third kappa shape index (κ3) is 5.24. The van der Waals surface area contributed by atoms with Crippen molar-refractivity contribution in [3.8, 4) is 0 Å². The molecular formula is C10H21NO2. The Balaban J connectivity index is 1.98. The van der Waals surface area contributed by atoms with Crippen LogP contribution in [0.25, 0.3) is 0 Å². The Labute approximate surface area is 80.8 Å². The Morgan fingerprint density at radius 1 is 1.38 bits per heavy atom. The molecule has 1 unspecified atom stereocenters. The zero-order valence-electron chi connectivity index (χ0n) is 8.55. The summed E-state index contributed by atoms with van der Waals surface area (Å²) in [6, 6.07) is 0. The second-order valence-electron chi connectivity index (χ2n) is 3.61. The van der Waals surface area contributed by atoms with Gasteiger partial charge in [-0.3, -0.25) is 0 Å². The Hall–Kier alpha value is -0.120. The first-order chi connectivity index (χ1) is 6.43. The number of ether oxygens (including phenoxy) is 2. The fourth-order valence-electron chi connectivity index (χ4n) is 1.66. The van der Waals surface area contributed by atoms with E-state index in [9.17, 15) is 0 Å². The SMILES string of the molecule is COCCNCC1CCCOCC1. The summed E-state index contributed by atoms with van der Waals surface area (Å²) in [4.78, 5) is 0. The first kappa shape index (κ1) is 11.0. The minimum absolute atomic E-state index is 0.805. The van der Waals surface area contributed by atoms with Crippen molar-refractivity contribution in [3.63, 3.8) is 0 Å². The molecule has 0 aromatic carbocycles. The molecule has 0 spiro atoms. The van der Waals surface area contributed by atoms with Crippen LogP contribution in [0.1, 0.15) is 19.3 Å². The number of hydrogen-bond acceptors (Lipinski definition) is 3. The fourth-order valence-corrected chi connectivity index (χ4v) is 1.66. The normalized spacial score (nSPS) is 24.2. The molecule has 1 aliphatic heterocycles. The van der Waals surface area contributed by atoms with Gasteiger partial charge in [0, 0.05) is 26.9 Å². The molecule has 0 radical (unpaired) electrons. The first-order valence-corrected chi connectivity index (χ1v) is 5.21. The van der Waals surface area contributed by atoms with Crippen LogP contribution >= 0.6 is 0 Å². The van der Waals surface area contributed by atoms with Gasteiger partial charge in [-0.1, -0.05) is 0 Å². The van der Waals surface area contributed by atoms with Crippen LogP contribution in [0.3, 0.4) is 0 Å². The van der Waals surface area contributed by atoms with Gasteiger partial charge in [-0.15, -0.1) is 0 Å². The van der Waals surface area contributed by atoms with Crippen LogP contribution in [0.4, 0.5) is 0 Å². The average molecular weight is 187 g/mol. The second kappa shape index (κ2) is 7.30. The molecule has 1 fully saturated rings. The van der Waals surface area contributed by atoms with Crippen LogP contribution in [-0.4, -0.2) is 40.0 Å². The van der Waals surface area contributed by atoms with Crippen LogP contribution < -0.4 is 5.32 Å². The molecule has 1 saturated heterocycles. The largest absolute Gasteiger partial charge is 0.383 e. The van der Waals surface area contributed by atoms with Crippen molar-refractivity contribution < 1.29 is 9.47 Å². The van der Waals surface area contributed by atoms with Gasteiger partial charge in [0.2, 0.25) is 0 Å². The summed E-state index contributed by atoms with van der Waals surface area (Å²) in [5.74, 6) is 0.805.